The highest BCUT2D eigenvalue weighted by molar-refractivity contribution is 5.00. The van der Waals surface area contributed by atoms with Crippen molar-refractivity contribution in [2.45, 2.75) is 184 Å². The van der Waals surface area contributed by atoms with Gasteiger partial charge in [-0.3, -0.25) is 0 Å². The summed E-state index contributed by atoms with van der Waals surface area (Å²) in [5.41, 5.74) is 0. The van der Waals surface area contributed by atoms with E-state index in [1.807, 2.05) is 0 Å². The maximum absolute atomic E-state index is 11.2. The number of rotatable bonds is 16. The molecular formula is C36H62O31. The van der Waals surface area contributed by atoms with Crippen molar-refractivity contribution >= 4 is 0 Å². The van der Waals surface area contributed by atoms with Crippen molar-refractivity contribution in [3.63, 3.8) is 0 Å². The molecule has 0 saturated carbocycles. The second-order valence-electron chi connectivity index (χ2n) is 16.8. The van der Waals surface area contributed by atoms with Crippen molar-refractivity contribution in [2.75, 3.05) is 39.6 Å². The Morgan fingerprint density at radius 1 is 0.224 bits per heavy atom. The van der Waals surface area contributed by atoms with E-state index < -0.39 is 224 Å². The van der Waals surface area contributed by atoms with Gasteiger partial charge in [0, 0.05) is 0 Å². The minimum absolute atomic E-state index is 0.830. The average molecular weight is 991 g/mol. The lowest BCUT2D eigenvalue weighted by molar-refractivity contribution is -0.396. The largest absolute Gasteiger partial charge is 0.394 e. The first kappa shape index (κ1) is 55.1. The van der Waals surface area contributed by atoms with Gasteiger partial charge in [-0.2, -0.15) is 0 Å². The number of ether oxygens (including phenoxy) is 11. The smallest absolute Gasteiger partial charge is 0.187 e. The Morgan fingerprint density at radius 2 is 0.433 bits per heavy atom. The molecule has 6 aliphatic rings. The molecule has 0 aliphatic carbocycles. The van der Waals surface area contributed by atoms with Gasteiger partial charge in [0.05, 0.1) is 39.6 Å². The fourth-order valence-corrected chi connectivity index (χ4v) is 8.52. The molecule has 6 aliphatic heterocycles. The summed E-state index contributed by atoms with van der Waals surface area (Å²) in [5.74, 6) is 0. The molecule has 6 saturated heterocycles. The lowest BCUT2D eigenvalue weighted by Gasteiger charge is -2.49. The minimum atomic E-state index is -2.18. The van der Waals surface area contributed by atoms with Gasteiger partial charge in [0.15, 0.2) is 37.7 Å². The first-order chi connectivity index (χ1) is 31.8. The molecule has 0 aromatic rings. The molecule has 0 radical (unpaired) electrons. The highest BCUT2D eigenvalue weighted by atomic mass is 16.8. The van der Waals surface area contributed by atoms with E-state index in [0.717, 1.165) is 0 Å². The van der Waals surface area contributed by atoms with E-state index in [0.29, 0.717) is 0 Å². The van der Waals surface area contributed by atoms with E-state index in [1.165, 1.54) is 0 Å². The van der Waals surface area contributed by atoms with Crippen LogP contribution in [0.1, 0.15) is 0 Å². The Kier molecular flexibility index (Phi) is 19.4. The van der Waals surface area contributed by atoms with Gasteiger partial charge in [-0.1, -0.05) is 0 Å². The van der Waals surface area contributed by atoms with Crippen LogP contribution in [0.25, 0.3) is 0 Å². The Bertz CT molecular complexity index is 1500. The van der Waals surface area contributed by atoms with Crippen LogP contribution in [-0.4, -0.2) is 326 Å². The number of hydrogen-bond acceptors (Lipinski definition) is 31. The molecule has 67 heavy (non-hydrogen) atoms. The van der Waals surface area contributed by atoms with Crippen LogP contribution >= 0.6 is 0 Å². The third-order valence-electron chi connectivity index (χ3n) is 12.4. The first-order valence-electron chi connectivity index (χ1n) is 21.1. The van der Waals surface area contributed by atoms with Gasteiger partial charge in [-0.05, 0) is 0 Å². The molecule has 30 atom stereocenters. The van der Waals surface area contributed by atoms with Gasteiger partial charge in [0.1, 0.15) is 146 Å². The van der Waals surface area contributed by atoms with Crippen molar-refractivity contribution in [3.05, 3.63) is 0 Å². The number of aliphatic hydroxyl groups is 20. The van der Waals surface area contributed by atoms with Gasteiger partial charge in [0.2, 0.25) is 0 Å². The van der Waals surface area contributed by atoms with Crippen LogP contribution in [0.3, 0.4) is 0 Å². The standard InChI is InChI=1S/C36H62O31/c37-1-7-13(43)14(44)21(51)32(58-7)64-27-9(3-39)60-34(23(53)16(27)46)66-29-11(5-41)62-36(25(55)18(29)48)67-30-12(6-42)61-35(24(54)19(30)49)65-28-10(4-40)59-33(22(52)17(28)47)63-26-8(2-38)57-31(56)20(50)15(26)45/h7-56H,1-6H2/t7-,8-,9-,10-,11-,12-,13-,14+,15-,16-,17-,18-,19-,20-,21-,22-,23-,24-,25-,26-,27-,28-,29-,30-,31?,32+,33+,34+,35+,36+/m1/s1. The minimum Gasteiger partial charge on any atom is -0.394 e. The molecule has 6 rings (SSSR count). The molecule has 392 valence electrons. The van der Waals surface area contributed by atoms with Crippen molar-refractivity contribution in [3.8, 4) is 0 Å². The molecule has 0 aromatic carbocycles. The summed E-state index contributed by atoms with van der Waals surface area (Å²) in [7, 11) is 0. The predicted octanol–water partition coefficient (Wildman–Crippen LogP) is -14.1. The maximum Gasteiger partial charge on any atom is 0.187 e. The zero-order valence-corrected chi connectivity index (χ0v) is 35.0. The summed E-state index contributed by atoms with van der Waals surface area (Å²) in [4.78, 5) is 0. The summed E-state index contributed by atoms with van der Waals surface area (Å²) in [6.45, 7) is -5.67. The zero-order valence-electron chi connectivity index (χ0n) is 35.0. The van der Waals surface area contributed by atoms with Crippen molar-refractivity contribution < 1.29 is 154 Å². The van der Waals surface area contributed by atoms with E-state index in [2.05, 4.69) is 0 Å². The van der Waals surface area contributed by atoms with Gasteiger partial charge >= 0.3 is 0 Å². The van der Waals surface area contributed by atoms with Crippen LogP contribution in [0.2, 0.25) is 0 Å². The van der Waals surface area contributed by atoms with Crippen LogP contribution in [-0.2, 0) is 52.1 Å². The normalized spacial score (nSPS) is 53.4. The maximum atomic E-state index is 11.2. The summed E-state index contributed by atoms with van der Waals surface area (Å²) in [6, 6.07) is 0. The quantitative estimate of drug-likeness (QED) is 0.0683. The molecule has 1 unspecified atom stereocenters. The van der Waals surface area contributed by atoms with Crippen LogP contribution in [0.15, 0.2) is 0 Å². The van der Waals surface area contributed by atoms with E-state index >= 15 is 0 Å². The third-order valence-corrected chi connectivity index (χ3v) is 12.4. The van der Waals surface area contributed by atoms with Crippen molar-refractivity contribution in [1.29, 1.82) is 0 Å². The van der Waals surface area contributed by atoms with E-state index in [4.69, 9.17) is 52.1 Å². The molecule has 0 bridgehead atoms. The molecule has 6 fully saturated rings. The van der Waals surface area contributed by atoms with Gasteiger partial charge < -0.3 is 154 Å². The summed E-state index contributed by atoms with van der Waals surface area (Å²) in [6.07, 6.45) is -56.5. The van der Waals surface area contributed by atoms with Crippen LogP contribution < -0.4 is 0 Å². The Morgan fingerprint density at radius 3 is 0.687 bits per heavy atom. The summed E-state index contributed by atoms with van der Waals surface area (Å²) in [5, 5.41) is 209. The van der Waals surface area contributed by atoms with E-state index in [-0.39, 0.29) is 0 Å². The van der Waals surface area contributed by atoms with Crippen LogP contribution in [0.5, 0.6) is 0 Å². The monoisotopic (exact) mass is 990 g/mol. The molecule has 0 aromatic heterocycles. The molecule has 0 spiro atoms. The Balaban J connectivity index is 1.07. The van der Waals surface area contributed by atoms with E-state index in [9.17, 15) is 102 Å². The molecule has 31 heteroatoms. The van der Waals surface area contributed by atoms with E-state index in [1.54, 1.807) is 0 Å². The molecule has 31 nitrogen and oxygen atoms in total. The van der Waals surface area contributed by atoms with Gasteiger partial charge in [-0.15, -0.1) is 0 Å². The molecule has 0 amide bonds. The van der Waals surface area contributed by atoms with Gasteiger partial charge in [0.25, 0.3) is 0 Å². The topological polar surface area (TPSA) is 506 Å². The fraction of sp³-hybridized carbons (Fsp3) is 1.00. The summed E-state index contributed by atoms with van der Waals surface area (Å²) < 4.78 is 60.5. The highest BCUT2D eigenvalue weighted by Crippen LogP contribution is 2.36. The zero-order chi connectivity index (χ0) is 49.3. The SMILES string of the molecule is OC[C@H]1O[C@@H](O[C@H]2[C@H](O)[C@@H](O)[C@H](O[C@H]3[C@H](O)[C@@H](O)[C@H](O[C@H]4[C@H](O)[C@@H](O)[C@H](O[C@H]5[C@H](O)[C@@H](O)[C@H](O[C@H]6[C@H](O)[C@@H](O)C(O)O[C@@H]6CO)O[C@@H]5CO)O[C@@H]4CO)O[C@@H]3CO)O[C@@H]2CO)[C@H](O)[C@@H](O)[C@@H]1O. The molecule has 20 N–H and O–H groups in total. The van der Waals surface area contributed by atoms with Crippen LogP contribution in [0, 0.1) is 0 Å². The predicted molar refractivity (Wildman–Crippen MR) is 199 cm³/mol. The second-order valence-corrected chi connectivity index (χ2v) is 16.8. The second kappa shape index (κ2) is 23.5. The fourth-order valence-electron chi connectivity index (χ4n) is 8.52. The highest BCUT2D eigenvalue weighted by Gasteiger charge is 2.57. The van der Waals surface area contributed by atoms with Crippen molar-refractivity contribution in [2.24, 2.45) is 0 Å². The van der Waals surface area contributed by atoms with Crippen molar-refractivity contribution in [1.82, 2.24) is 0 Å². The molecular weight excluding hydrogens is 928 g/mol. The lowest BCUT2D eigenvalue weighted by Crippen LogP contribution is -2.68. The number of hydrogen-bond donors (Lipinski definition) is 20. The molecule has 6 heterocycles. The first-order valence-corrected chi connectivity index (χ1v) is 21.1. The average Bonchev–Trinajstić information content (AvgIpc) is 3.32. The summed E-state index contributed by atoms with van der Waals surface area (Å²) >= 11 is 0. The third kappa shape index (κ3) is 11.2. The van der Waals surface area contributed by atoms with Crippen LogP contribution in [0.4, 0.5) is 0 Å². The Labute approximate surface area is 378 Å². The Hall–Kier alpha value is -1.24. The lowest BCUT2D eigenvalue weighted by atomic mass is 9.95. The number of aliphatic hydroxyl groups excluding tert-OH is 20. The van der Waals surface area contributed by atoms with Gasteiger partial charge in [-0.25, -0.2) is 0 Å².